The van der Waals surface area contributed by atoms with E-state index >= 15 is 0 Å². The summed E-state index contributed by atoms with van der Waals surface area (Å²) in [5, 5.41) is 0. The number of halogens is 1. The highest BCUT2D eigenvalue weighted by Gasteiger charge is 2.28. The van der Waals surface area contributed by atoms with Gasteiger partial charge in [0.2, 0.25) is 5.91 Å². The van der Waals surface area contributed by atoms with Crippen LogP contribution in [0.1, 0.15) is 18.6 Å². The number of likely N-dealkylation sites (N-methyl/N-ethyl adjacent to an activating group) is 1. The van der Waals surface area contributed by atoms with Gasteiger partial charge in [-0.1, -0.05) is 12.1 Å². The van der Waals surface area contributed by atoms with Gasteiger partial charge in [-0.2, -0.15) is 0 Å². The SMILES string of the molecule is CC1CN(c2cc(N3CCN(C)C(=O)C3)ncn2)CC(c2ccc(F)cc2)O1. The minimum Gasteiger partial charge on any atom is -0.367 e. The van der Waals surface area contributed by atoms with Crippen LogP contribution in [0.4, 0.5) is 16.0 Å². The molecule has 2 fully saturated rings. The second kappa shape index (κ2) is 7.71. The van der Waals surface area contributed by atoms with Crippen LogP contribution in [0, 0.1) is 5.82 Å². The molecule has 4 rings (SSSR count). The van der Waals surface area contributed by atoms with Gasteiger partial charge in [-0.3, -0.25) is 4.79 Å². The van der Waals surface area contributed by atoms with Crippen molar-refractivity contribution < 1.29 is 13.9 Å². The molecule has 7 nitrogen and oxygen atoms in total. The molecule has 0 bridgehead atoms. The third kappa shape index (κ3) is 3.91. The summed E-state index contributed by atoms with van der Waals surface area (Å²) in [6.45, 7) is 5.09. The van der Waals surface area contributed by atoms with Gasteiger partial charge in [0, 0.05) is 39.3 Å². The van der Waals surface area contributed by atoms with Crippen molar-refractivity contribution in [3.63, 3.8) is 0 Å². The number of ether oxygens (including phenoxy) is 1. The normalized spacial score (nSPS) is 23.2. The van der Waals surface area contributed by atoms with Crippen molar-refractivity contribution in [3.8, 4) is 0 Å². The van der Waals surface area contributed by atoms with Crippen LogP contribution in [-0.4, -0.2) is 66.7 Å². The largest absolute Gasteiger partial charge is 0.367 e. The minimum atomic E-state index is -0.258. The Morgan fingerprint density at radius 1 is 1.07 bits per heavy atom. The number of benzene rings is 1. The van der Waals surface area contributed by atoms with E-state index in [2.05, 4.69) is 14.9 Å². The first-order chi connectivity index (χ1) is 13.5. The first kappa shape index (κ1) is 18.6. The van der Waals surface area contributed by atoms with Crippen LogP contribution in [0.2, 0.25) is 0 Å². The molecule has 2 aliphatic heterocycles. The number of hydrogen-bond donors (Lipinski definition) is 0. The van der Waals surface area contributed by atoms with E-state index in [4.69, 9.17) is 4.74 Å². The second-order valence-corrected chi connectivity index (χ2v) is 7.36. The van der Waals surface area contributed by atoms with Crippen molar-refractivity contribution in [1.82, 2.24) is 14.9 Å². The summed E-state index contributed by atoms with van der Waals surface area (Å²) < 4.78 is 19.3. The van der Waals surface area contributed by atoms with Gasteiger partial charge in [-0.05, 0) is 24.6 Å². The average Bonchev–Trinajstić information content (AvgIpc) is 2.70. The smallest absolute Gasteiger partial charge is 0.241 e. The third-order valence-electron chi connectivity index (χ3n) is 5.25. The van der Waals surface area contributed by atoms with Crippen molar-refractivity contribution in [1.29, 1.82) is 0 Å². The summed E-state index contributed by atoms with van der Waals surface area (Å²) in [4.78, 5) is 26.7. The highest BCUT2D eigenvalue weighted by atomic mass is 19.1. The third-order valence-corrected chi connectivity index (χ3v) is 5.25. The minimum absolute atomic E-state index is 0.00688. The number of carbonyl (C=O) groups is 1. The molecule has 2 aromatic rings. The maximum Gasteiger partial charge on any atom is 0.241 e. The summed E-state index contributed by atoms with van der Waals surface area (Å²) in [6.07, 6.45) is 1.39. The number of carbonyl (C=O) groups excluding carboxylic acids is 1. The predicted molar refractivity (Wildman–Crippen MR) is 104 cm³/mol. The Bertz CT molecular complexity index is 847. The molecule has 148 valence electrons. The van der Waals surface area contributed by atoms with E-state index in [1.54, 1.807) is 23.4 Å². The first-order valence-electron chi connectivity index (χ1n) is 9.46. The number of morpholine rings is 1. The number of rotatable bonds is 3. The zero-order valence-electron chi connectivity index (χ0n) is 16.1. The fraction of sp³-hybridized carbons (Fsp3) is 0.450. The molecule has 0 radical (unpaired) electrons. The van der Waals surface area contributed by atoms with Crippen molar-refractivity contribution in [3.05, 3.63) is 48.0 Å². The predicted octanol–water partition coefficient (Wildman–Crippen LogP) is 1.86. The van der Waals surface area contributed by atoms with Crippen LogP contribution in [0.3, 0.4) is 0 Å². The number of aromatic nitrogens is 2. The van der Waals surface area contributed by atoms with E-state index in [0.29, 0.717) is 26.2 Å². The lowest BCUT2D eigenvalue weighted by atomic mass is 10.1. The average molecular weight is 385 g/mol. The van der Waals surface area contributed by atoms with E-state index in [-0.39, 0.29) is 23.9 Å². The number of amides is 1. The molecule has 0 aliphatic carbocycles. The Balaban J connectivity index is 1.53. The van der Waals surface area contributed by atoms with Gasteiger partial charge in [0.1, 0.15) is 29.9 Å². The van der Waals surface area contributed by atoms with Gasteiger partial charge in [0.25, 0.3) is 0 Å². The number of piperazine rings is 1. The fourth-order valence-electron chi connectivity index (χ4n) is 3.64. The molecule has 0 N–H and O–H groups in total. The molecule has 2 aliphatic rings. The standard InChI is InChI=1S/C20H24FN5O2/c1-14-10-26(11-17(28-14)15-3-5-16(21)6-4-15)19-9-18(22-13-23-19)25-8-7-24(2)20(27)12-25/h3-6,9,13-14,17H,7-8,10-12H2,1-2H3. The van der Waals surface area contributed by atoms with Crippen LogP contribution < -0.4 is 9.80 Å². The van der Waals surface area contributed by atoms with Gasteiger partial charge in [-0.15, -0.1) is 0 Å². The van der Waals surface area contributed by atoms with Crippen molar-refractivity contribution in [2.75, 3.05) is 49.6 Å². The lowest BCUT2D eigenvalue weighted by Crippen LogP contribution is -2.49. The Morgan fingerprint density at radius 3 is 2.50 bits per heavy atom. The molecule has 0 saturated carbocycles. The molecule has 1 aromatic carbocycles. The molecular formula is C20H24FN5O2. The van der Waals surface area contributed by atoms with Crippen molar-refractivity contribution in [2.45, 2.75) is 19.1 Å². The molecule has 28 heavy (non-hydrogen) atoms. The second-order valence-electron chi connectivity index (χ2n) is 7.36. The Morgan fingerprint density at radius 2 is 1.79 bits per heavy atom. The highest BCUT2D eigenvalue weighted by molar-refractivity contribution is 5.82. The zero-order chi connectivity index (χ0) is 19.7. The topological polar surface area (TPSA) is 61.8 Å². The van der Waals surface area contributed by atoms with Gasteiger partial charge in [0.15, 0.2) is 0 Å². The van der Waals surface area contributed by atoms with Crippen LogP contribution in [0.15, 0.2) is 36.7 Å². The van der Waals surface area contributed by atoms with E-state index < -0.39 is 0 Å². The monoisotopic (exact) mass is 385 g/mol. The number of nitrogens with zero attached hydrogens (tertiary/aromatic N) is 5. The summed E-state index contributed by atoms with van der Waals surface area (Å²) in [6, 6.07) is 8.36. The van der Waals surface area contributed by atoms with Crippen LogP contribution in [-0.2, 0) is 9.53 Å². The van der Waals surface area contributed by atoms with E-state index in [1.165, 1.54) is 12.1 Å². The molecule has 2 unspecified atom stereocenters. The van der Waals surface area contributed by atoms with E-state index in [0.717, 1.165) is 23.7 Å². The van der Waals surface area contributed by atoms with Gasteiger partial charge >= 0.3 is 0 Å². The number of hydrogen-bond acceptors (Lipinski definition) is 6. The Labute approximate surface area is 163 Å². The quantitative estimate of drug-likeness (QED) is 0.804. The van der Waals surface area contributed by atoms with Crippen LogP contribution in [0.5, 0.6) is 0 Å². The maximum atomic E-state index is 13.2. The molecule has 1 amide bonds. The van der Waals surface area contributed by atoms with Gasteiger partial charge in [-0.25, -0.2) is 14.4 Å². The van der Waals surface area contributed by atoms with E-state index in [1.807, 2.05) is 24.9 Å². The van der Waals surface area contributed by atoms with Crippen LogP contribution >= 0.6 is 0 Å². The summed E-state index contributed by atoms with van der Waals surface area (Å²) in [5.74, 6) is 1.39. The Kier molecular flexibility index (Phi) is 5.13. The molecule has 1 aromatic heterocycles. The Hall–Kier alpha value is -2.74. The zero-order valence-corrected chi connectivity index (χ0v) is 16.1. The highest BCUT2D eigenvalue weighted by Crippen LogP contribution is 2.29. The molecule has 3 heterocycles. The van der Waals surface area contributed by atoms with Crippen molar-refractivity contribution >= 4 is 17.5 Å². The molecule has 0 spiro atoms. The molecule has 8 heteroatoms. The molecule has 2 atom stereocenters. The number of anilines is 2. The first-order valence-corrected chi connectivity index (χ1v) is 9.46. The van der Waals surface area contributed by atoms with Crippen molar-refractivity contribution in [2.24, 2.45) is 0 Å². The van der Waals surface area contributed by atoms with Gasteiger partial charge < -0.3 is 19.4 Å². The summed E-state index contributed by atoms with van der Waals surface area (Å²) in [5.41, 5.74) is 0.942. The fourth-order valence-corrected chi connectivity index (χ4v) is 3.64. The lowest BCUT2D eigenvalue weighted by molar-refractivity contribution is -0.129. The van der Waals surface area contributed by atoms with Crippen LogP contribution in [0.25, 0.3) is 0 Å². The lowest BCUT2D eigenvalue weighted by Gasteiger charge is -2.38. The summed E-state index contributed by atoms with van der Waals surface area (Å²) in [7, 11) is 1.82. The molecule has 2 saturated heterocycles. The van der Waals surface area contributed by atoms with E-state index in [9.17, 15) is 9.18 Å². The maximum absolute atomic E-state index is 13.2. The summed E-state index contributed by atoms with van der Waals surface area (Å²) >= 11 is 0. The van der Waals surface area contributed by atoms with Gasteiger partial charge in [0.05, 0.1) is 12.6 Å². The molecular weight excluding hydrogens is 361 g/mol.